The predicted molar refractivity (Wildman–Crippen MR) is 56.1 cm³/mol. The summed E-state index contributed by atoms with van der Waals surface area (Å²) in [4.78, 5) is 0. The second-order valence-corrected chi connectivity index (χ2v) is 2.82. The van der Waals surface area contributed by atoms with E-state index in [1.165, 1.54) is 25.8 Å². The average Bonchev–Trinajstić information content (AvgIpc) is 2.02. The van der Waals surface area contributed by atoms with Crippen LogP contribution in [0.2, 0.25) is 0 Å². The second-order valence-electron chi connectivity index (χ2n) is 2.82. The first-order valence-corrected chi connectivity index (χ1v) is 5.00. The third kappa shape index (κ3) is 17.8. The van der Waals surface area contributed by atoms with Crippen molar-refractivity contribution < 1.29 is 1.43 Å². The molecule has 0 heterocycles. The lowest BCUT2D eigenvalue weighted by atomic mass is 10.2. The lowest BCUT2D eigenvalue weighted by molar-refractivity contribution is 0.555. The van der Waals surface area contributed by atoms with E-state index < -0.39 is 0 Å². The van der Waals surface area contributed by atoms with Gasteiger partial charge in [0.15, 0.2) is 0 Å². The summed E-state index contributed by atoms with van der Waals surface area (Å²) in [6.45, 7) is 11.8. The summed E-state index contributed by atoms with van der Waals surface area (Å²) in [6, 6.07) is 0.654. The number of rotatable bonds is 5. The molecule has 0 saturated carbocycles. The standard InChI is InChI=1S/C8H19N.C2H6.H2/c1-4-5-6-7-9-8(2)3;1-2;/h8-9H,4-7H2,1-3H3;1-2H3;1H. The van der Waals surface area contributed by atoms with Gasteiger partial charge in [-0.05, 0) is 13.0 Å². The van der Waals surface area contributed by atoms with Crippen LogP contribution >= 0.6 is 0 Å². The first kappa shape index (κ1) is 13.5. The Morgan fingerprint density at radius 3 is 2.09 bits per heavy atom. The molecule has 0 aliphatic heterocycles. The van der Waals surface area contributed by atoms with Gasteiger partial charge in [0, 0.05) is 7.47 Å². The molecule has 0 aromatic heterocycles. The minimum Gasteiger partial charge on any atom is -0.315 e. The molecular formula is C10H27N. The molecule has 1 nitrogen and oxygen atoms in total. The number of nitrogens with one attached hydrogen (secondary N) is 1. The third-order valence-electron chi connectivity index (χ3n) is 1.33. The molecule has 0 spiro atoms. The van der Waals surface area contributed by atoms with Gasteiger partial charge in [-0.15, -0.1) is 0 Å². The van der Waals surface area contributed by atoms with Gasteiger partial charge in [0.2, 0.25) is 0 Å². The zero-order valence-corrected chi connectivity index (χ0v) is 8.91. The Kier molecular flexibility index (Phi) is 15.5. The van der Waals surface area contributed by atoms with Crippen LogP contribution in [0, 0.1) is 0 Å². The normalized spacial score (nSPS) is 9.27. The van der Waals surface area contributed by atoms with Gasteiger partial charge < -0.3 is 5.32 Å². The molecule has 0 fully saturated rings. The summed E-state index contributed by atoms with van der Waals surface area (Å²) in [5.74, 6) is 0. The van der Waals surface area contributed by atoms with E-state index in [2.05, 4.69) is 26.1 Å². The molecule has 1 N–H and O–H groups in total. The van der Waals surface area contributed by atoms with Crippen molar-refractivity contribution in [2.24, 2.45) is 0 Å². The summed E-state index contributed by atoms with van der Waals surface area (Å²) in [5, 5.41) is 3.38. The number of unbranched alkanes of at least 4 members (excludes halogenated alkanes) is 2. The fraction of sp³-hybridized carbons (Fsp3) is 1.00. The van der Waals surface area contributed by atoms with Crippen molar-refractivity contribution in [3.63, 3.8) is 0 Å². The van der Waals surface area contributed by atoms with E-state index in [0.29, 0.717) is 6.04 Å². The van der Waals surface area contributed by atoms with E-state index in [4.69, 9.17) is 0 Å². The van der Waals surface area contributed by atoms with Crippen molar-refractivity contribution in [3.05, 3.63) is 0 Å². The topological polar surface area (TPSA) is 12.0 Å². The molecule has 0 aromatic rings. The molecule has 72 valence electrons. The molecule has 11 heavy (non-hydrogen) atoms. The van der Waals surface area contributed by atoms with Gasteiger partial charge in [-0.1, -0.05) is 47.5 Å². The van der Waals surface area contributed by atoms with Crippen LogP contribution in [0.1, 0.15) is 55.3 Å². The molecule has 0 radical (unpaired) electrons. The Morgan fingerprint density at radius 1 is 1.18 bits per heavy atom. The summed E-state index contributed by atoms with van der Waals surface area (Å²) in [7, 11) is 0. The van der Waals surface area contributed by atoms with Gasteiger partial charge in [0.05, 0.1) is 0 Å². The molecule has 0 unspecified atom stereocenters. The first-order chi connectivity index (χ1) is 5.27. The van der Waals surface area contributed by atoms with E-state index >= 15 is 0 Å². The Morgan fingerprint density at radius 2 is 1.73 bits per heavy atom. The predicted octanol–water partition coefficient (Wildman–Crippen LogP) is 3.45. The third-order valence-corrected chi connectivity index (χ3v) is 1.33. The Bertz CT molecular complexity index is 55.8. The molecule has 0 bridgehead atoms. The number of hydrogen-bond donors (Lipinski definition) is 1. The second kappa shape index (κ2) is 12.6. The summed E-state index contributed by atoms with van der Waals surface area (Å²) >= 11 is 0. The molecule has 0 amide bonds. The molecule has 0 aromatic carbocycles. The fourth-order valence-electron chi connectivity index (χ4n) is 0.766. The van der Waals surface area contributed by atoms with Crippen molar-refractivity contribution in [1.29, 1.82) is 0 Å². The lowest BCUT2D eigenvalue weighted by Gasteiger charge is -2.05. The van der Waals surface area contributed by atoms with E-state index in [-0.39, 0.29) is 1.43 Å². The SMILES string of the molecule is CC.CCCCCNC(C)C.[HH]. The molecule has 0 rings (SSSR count). The largest absolute Gasteiger partial charge is 0.315 e. The van der Waals surface area contributed by atoms with Crippen molar-refractivity contribution in [2.45, 2.75) is 59.9 Å². The molecule has 0 saturated heterocycles. The maximum absolute atomic E-state index is 3.38. The first-order valence-electron chi connectivity index (χ1n) is 5.00. The maximum atomic E-state index is 3.38. The summed E-state index contributed by atoms with van der Waals surface area (Å²) in [6.07, 6.45) is 4.01. The Balaban J connectivity index is -0.000000249. The Labute approximate surface area is 74.1 Å². The van der Waals surface area contributed by atoms with Crippen LogP contribution in [0.25, 0.3) is 0 Å². The van der Waals surface area contributed by atoms with E-state index in [9.17, 15) is 0 Å². The average molecular weight is 161 g/mol. The monoisotopic (exact) mass is 161 g/mol. The minimum atomic E-state index is 0. The van der Waals surface area contributed by atoms with Gasteiger partial charge in [0.1, 0.15) is 0 Å². The summed E-state index contributed by atoms with van der Waals surface area (Å²) in [5.41, 5.74) is 0. The smallest absolute Gasteiger partial charge is 0.00103 e. The van der Waals surface area contributed by atoms with E-state index in [1.807, 2.05) is 13.8 Å². The number of hydrogen-bond acceptors (Lipinski definition) is 1. The van der Waals surface area contributed by atoms with Crippen molar-refractivity contribution in [3.8, 4) is 0 Å². The van der Waals surface area contributed by atoms with Crippen LogP contribution in [0.5, 0.6) is 0 Å². The quantitative estimate of drug-likeness (QED) is 0.609. The van der Waals surface area contributed by atoms with E-state index in [0.717, 1.165) is 0 Å². The lowest BCUT2D eigenvalue weighted by Crippen LogP contribution is -2.23. The maximum Gasteiger partial charge on any atom is 0.00103 e. The van der Waals surface area contributed by atoms with Gasteiger partial charge in [-0.25, -0.2) is 0 Å². The van der Waals surface area contributed by atoms with Crippen LogP contribution < -0.4 is 5.32 Å². The van der Waals surface area contributed by atoms with Crippen molar-refractivity contribution in [2.75, 3.05) is 6.54 Å². The van der Waals surface area contributed by atoms with Gasteiger partial charge in [-0.3, -0.25) is 0 Å². The van der Waals surface area contributed by atoms with Gasteiger partial charge >= 0.3 is 0 Å². The highest BCUT2D eigenvalue weighted by Crippen LogP contribution is 1.91. The van der Waals surface area contributed by atoms with Crippen molar-refractivity contribution in [1.82, 2.24) is 5.32 Å². The molecule has 0 atom stereocenters. The molecule has 0 aliphatic carbocycles. The minimum absolute atomic E-state index is 0. The highest BCUT2D eigenvalue weighted by Gasteiger charge is 1.89. The van der Waals surface area contributed by atoms with E-state index in [1.54, 1.807) is 0 Å². The summed E-state index contributed by atoms with van der Waals surface area (Å²) < 4.78 is 0. The van der Waals surface area contributed by atoms with Crippen LogP contribution in [-0.2, 0) is 0 Å². The zero-order valence-electron chi connectivity index (χ0n) is 8.91. The van der Waals surface area contributed by atoms with Gasteiger partial charge in [0.25, 0.3) is 0 Å². The Hall–Kier alpha value is -0.0400. The van der Waals surface area contributed by atoms with Crippen LogP contribution in [0.15, 0.2) is 0 Å². The zero-order chi connectivity index (χ0) is 9.11. The fourth-order valence-corrected chi connectivity index (χ4v) is 0.766. The van der Waals surface area contributed by atoms with Crippen LogP contribution in [0.3, 0.4) is 0 Å². The van der Waals surface area contributed by atoms with Crippen molar-refractivity contribution >= 4 is 0 Å². The van der Waals surface area contributed by atoms with Gasteiger partial charge in [-0.2, -0.15) is 0 Å². The van der Waals surface area contributed by atoms with Crippen LogP contribution in [0.4, 0.5) is 0 Å². The molecule has 0 aliphatic rings. The highest BCUT2D eigenvalue weighted by molar-refractivity contribution is 4.51. The van der Waals surface area contributed by atoms with Crippen LogP contribution in [-0.4, -0.2) is 12.6 Å². The highest BCUT2D eigenvalue weighted by atomic mass is 14.9. The molecule has 1 heteroatoms. The molecular weight excluding hydrogens is 134 g/mol.